The summed E-state index contributed by atoms with van der Waals surface area (Å²) < 4.78 is 5.39. The number of para-hydroxylation sites is 1. The number of carbonyl (C=O) groups is 3. The van der Waals surface area contributed by atoms with Gasteiger partial charge in [-0.25, -0.2) is 9.69 Å². The van der Waals surface area contributed by atoms with Crippen LogP contribution < -0.4 is 15.0 Å². The number of nitrogens with one attached hydrogen (secondary N) is 2. The quantitative estimate of drug-likeness (QED) is 0.564. The number of carbonyl (C=O) groups excluding carboxylic acids is 3. The number of rotatable bonds is 5. The molecule has 0 aliphatic carbocycles. The zero-order chi connectivity index (χ0) is 24.2. The number of hydrogen-bond donors (Lipinski definition) is 2. The van der Waals surface area contributed by atoms with Crippen molar-refractivity contribution >= 4 is 34.4 Å². The summed E-state index contributed by atoms with van der Waals surface area (Å²) in [7, 11) is 1.62. The van der Waals surface area contributed by atoms with Gasteiger partial charge in [0.2, 0.25) is 0 Å². The molecular weight excluding hydrogens is 432 g/mol. The number of aromatic amines is 1. The lowest BCUT2D eigenvalue weighted by Crippen LogP contribution is -2.49. The number of imide groups is 1. The van der Waals surface area contributed by atoms with Crippen LogP contribution in [-0.2, 0) is 16.8 Å². The molecular formula is C26H28N4O4. The third kappa shape index (κ3) is 3.01. The Kier molecular flexibility index (Phi) is 5.11. The molecule has 0 saturated carbocycles. The summed E-state index contributed by atoms with van der Waals surface area (Å²) in [5.74, 6) is 0.0540. The summed E-state index contributed by atoms with van der Waals surface area (Å²) in [6.07, 6.45) is 1.39. The standard InChI is InChI=1S/C26H28N4O4/c1-5-15(2)27-23(31)18-8-6-7-9-21(18)30-24(32)26(3)22-17(12-13-29(26)25(30)33)19-14-16(34-4)10-11-20(19)28-22/h6-11,14-15,28H,5,12-13H2,1-4H3,(H,27,31)/t15-,26+/m1/s1. The van der Waals surface area contributed by atoms with Crippen LogP contribution in [0.1, 0.15) is 48.8 Å². The Morgan fingerprint density at radius 3 is 2.74 bits per heavy atom. The second kappa shape index (κ2) is 7.90. The molecule has 2 aliphatic heterocycles. The maximum atomic E-state index is 14.0. The highest BCUT2D eigenvalue weighted by Gasteiger charge is 2.59. The summed E-state index contributed by atoms with van der Waals surface area (Å²) >= 11 is 0. The Morgan fingerprint density at radius 1 is 1.24 bits per heavy atom. The number of H-pyrrole nitrogens is 1. The van der Waals surface area contributed by atoms with E-state index >= 15 is 0 Å². The molecule has 3 aromatic rings. The molecule has 1 aromatic heterocycles. The van der Waals surface area contributed by atoms with Crippen LogP contribution in [0.4, 0.5) is 10.5 Å². The molecule has 8 nitrogen and oxygen atoms in total. The first-order valence-electron chi connectivity index (χ1n) is 11.6. The highest BCUT2D eigenvalue weighted by atomic mass is 16.5. The maximum Gasteiger partial charge on any atom is 0.332 e. The fourth-order valence-corrected chi connectivity index (χ4v) is 5.02. The van der Waals surface area contributed by atoms with E-state index in [1.807, 2.05) is 32.0 Å². The van der Waals surface area contributed by atoms with Gasteiger partial charge in [-0.1, -0.05) is 19.1 Å². The van der Waals surface area contributed by atoms with Gasteiger partial charge in [-0.2, -0.15) is 0 Å². The van der Waals surface area contributed by atoms with Crippen LogP contribution >= 0.6 is 0 Å². The molecule has 2 atom stereocenters. The van der Waals surface area contributed by atoms with Crippen LogP contribution in [0.15, 0.2) is 42.5 Å². The molecule has 4 amide bonds. The third-order valence-electron chi connectivity index (χ3n) is 7.15. The smallest absolute Gasteiger partial charge is 0.332 e. The van der Waals surface area contributed by atoms with Crippen molar-refractivity contribution in [2.75, 3.05) is 18.6 Å². The highest BCUT2D eigenvalue weighted by molar-refractivity contribution is 6.25. The van der Waals surface area contributed by atoms with Gasteiger partial charge in [0.1, 0.15) is 5.75 Å². The van der Waals surface area contributed by atoms with Crippen molar-refractivity contribution < 1.29 is 19.1 Å². The summed E-state index contributed by atoms with van der Waals surface area (Å²) in [5, 5.41) is 3.92. The van der Waals surface area contributed by atoms with Crippen LogP contribution in [0.2, 0.25) is 0 Å². The number of methoxy groups -OCH3 is 1. The van der Waals surface area contributed by atoms with Gasteiger partial charge < -0.3 is 19.9 Å². The van der Waals surface area contributed by atoms with E-state index in [4.69, 9.17) is 4.74 Å². The van der Waals surface area contributed by atoms with Gasteiger partial charge >= 0.3 is 6.03 Å². The number of aromatic nitrogens is 1. The molecule has 2 aliphatic rings. The van der Waals surface area contributed by atoms with Crippen LogP contribution in [0, 0.1) is 0 Å². The molecule has 5 rings (SSSR count). The summed E-state index contributed by atoms with van der Waals surface area (Å²) in [6.45, 7) is 6.08. The molecule has 2 aromatic carbocycles. The van der Waals surface area contributed by atoms with Crippen molar-refractivity contribution in [2.45, 2.75) is 45.2 Å². The average Bonchev–Trinajstić information content (AvgIpc) is 3.31. The Morgan fingerprint density at radius 2 is 2.00 bits per heavy atom. The van der Waals surface area contributed by atoms with E-state index in [1.54, 1.807) is 43.2 Å². The molecule has 8 heteroatoms. The van der Waals surface area contributed by atoms with Crippen molar-refractivity contribution in [1.29, 1.82) is 0 Å². The number of nitrogens with zero attached hydrogens (tertiary/aromatic N) is 2. The first kappa shape index (κ1) is 22.0. The van der Waals surface area contributed by atoms with Crippen molar-refractivity contribution in [2.24, 2.45) is 0 Å². The Hall–Kier alpha value is -3.81. The van der Waals surface area contributed by atoms with E-state index in [-0.39, 0.29) is 17.9 Å². The topological polar surface area (TPSA) is 94.7 Å². The lowest BCUT2D eigenvalue weighted by atomic mass is 9.87. The van der Waals surface area contributed by atoms with Crippen LogP contribution in [0.3, 0.4) is 0 Å². The van der Waals surface area contributed by atoms with Crippen LogP contribution in [-0.4, -0.2) is 47.4 Å². The molecule has 0 unspecified atom stereocenters. The van der Waals surface area contributed by atoms with Gasteiger partial charge in [0.15, 0.2) is 5.54 Å². The van der Waals surface area contributed by atoms with Crippen molar-refractivity contribution in [3.05, 3.63) is 59.3 Å². The van der Waals surface area contributed by atoms with Crippen molar-refractivity contribution in [3.63, 3.8) is 0 Å². The number of amides is 4. The fraction of sp³-hybridized carbons (Fsp3) is 0.346. The molecule has 3 heterocycles. The minimum absolute atomic E-state index is 0.0275. The van der Waals surface area contributed by atoms with E-state index < -0.39 is 11.6 Å². The minimum Gasteiger partial charge on any atom is -0.497 e. The summed E-state index contributed by atoms with van der Waals surface area (Å²) in [6, 6.07) is 12.1. The number of fused-ring (bicyclic) bond motifs is 5. The maximum absolute atomic E-state index is 14.0. The van der Waals surface area contributed by atoms with Gasteiger partial charge in [-0.3, -0.25) is 9.59 Å². The van der Waals surface area contributed by atoms with Gasteiger partial charge in [0.05, 0.1) is 24.1 Å². The second-order valence-electron chi connectivity index (χ2n) is 9.09. The minimum atomic E-state index is -1.20. The SMILES string of the molecule is CC[C@@H](C)NC(=O)c1ccccc1N1C(=O)N2CCc3c([nH]c4ccc(OC)cc34)[C@@]2(C)C1=O. The molecule has 0 spiro atoms. The van der Waals surface area contributed by atoms with Crippen LogP contribution in [0.5, 0.6) is 5.75 Å². The second-order valence-corrected chi connectivity index (χ2v) is 9.09. The average molecular weight is 461 g/mol. The van der Waals surface area contributed by atoms with E-state index in [0.29, 0.717) is 29.9 Å². The van der Waals surface area contributed by atoms with E-state index in [9.17, 15) is 14.4 Å². The number of anilines is 1. The predicted molar refractivity (Wildman–Crippen MR) is 129 cm³/mol. The zero-order valence-electron chi connectivity index (χ0n) is 19.8. The van der Waals surface area contributed by atoms with Crippen LogP contribution in [0.25, 0.3) is 10.9 Å². The van der Waals surface area contributed by atoms with Gasteiger partial charge in [-0.05, 0) is 62.6 Å². The molecule has 1 fully saturated rings. The van der Waals surface area contributed by atoms with E-state index in [1.165, 1.54) is 0 Å². The van der Waals surface area contributed by atoms with Crippen molar-refractivity contribution in [1.82, 2.24) is 15.2 Å². The normalized spacial score (nSPS) is 20.4. The first-order chi connectivity index (χ1) is 16.3. The van der Waals surface area contributed by atoms with Crippen molar-refractivity contribution in [3.8, 4) is 5.75 Å². The Bertz CT molecular complexity index is 1330. The molecule has 1 saturated heterocycles. The predicted octanol–water partition coefficient (Wildman–Crippen LogP) is 3.94. The van der Waals surface area contributed by atoms with E-state index in [0.717, 1.165) is 33.5 Å². The third-order valence-corrected chi connectivity index (χ3v) is 7.15. The molecule has 0 radical (unpaired) electrons. The monoisotopic (exact) mass is 460 g/mol. The first-order valence-corrected chi connectivity index (χ1v) is 11.6. The lowest BCUT2D eigenvalue weighted by Gasteiger charge is -2.35. The number of urea groups is 1. The fourth-order valence-electron chi connectivity index (χ4n) is 5.02. The molecule has 34 heavy (non-hydrogen) atoms. The zero-order valence-corrected chi connectivity index (χ0v) is 19.8. The molecule has 2 N–H and O–H groups in total. The Labute approximate surface area is 197 Å². The molecule has 0 bridgehead atoms. The summed E-state index contributed by atoms with van der Waals surface area (Å²) in [4.78, 5) is 46.7. The van der Waals surface area contributed by atoms with Gasteiger partial charge in [-0.15, -0.1) is 0 Å². The number of ether oxygens (including phenoxy) is 1. The molecule has 176 valence electrons. The van der Waals surface area contributed by atoms with E-state index in [2.05, 4.69) is 10.3 Å². The summed E-state index contributed by atoms with van der Waals surface area (Å²) in [5.41, 5.74) is 2.02. The lowest BCUT2D eigenvalue weighted by molar-refractivity contribution is -0.125. The Balaban J connectivity index is 1.60. The number of hydrogen-bond acceptors (Lipinski definition) is 4. The highest BCUT2D eigenvalue weighted by Crippen LogP contribution is 2.46. The van der Waals surface area contributed by atoms with Gasteiger partial charge in [0, 0.05) is 23.5 Å². The number of benzene rings is 2. The van der Waals surface area contributed by atoms with Gasteiger partial charge in [0.25, 0.3) is 11.8 Å². The largest absolute Gasteiger partial charge is 0.497 e.